The third-order valence-electron chi connectivity index (χ3n) is 1.52. The van der Waals surface area contributed by atoms with Crippen molar-refractivity contribution in [2.24, 2.45) is 0 Å². The maximum absolute atomic E-state index is 13.6. The molecule has 1 rings (SSSR count). The number of benzene rings is 1. The average molecular weight is 312 g/mol. The zero-order valence-corrected chi connectivity index (χ0v) is 10.4. The van der Waals surface area contributed by atoms with E-state index in [2.05, 4.69) is 22.6 Å². The van der Waals surface area contributed by atoms with Gasteiger partial charge in [-0.3, -0.25) is 0 Å². The summed E-state index contributed by atoms with van der Waals surface area (Å²) in [6.45, 7) is 2.33. The number of rotatable bonds is 3. The quantitative estimate of drug-likeness (QED) is 0.623. The van der Waals surface area contributed by atoms with E-state index in [1.807, 2.05) is 19.2 Å². The fourth-order valence-electron chi connectivity index (χ4n) is 0.969. The molecule has 1 aromatic rings. The first-order valence-corrected chi connectivity index (χ1v) is 6.15. The fourth-order valence-corrected chi connectivity index (χ4v) is 2.59. The second-order valence-corrected chi connectivity index (χ2v) is 4.30. The number of hydrogen-bond donors (Lipinski definition) is 0. The highest BCUT2D eigenvalue weighted by Crippen LogP contribution is 2.31. The fraction of sp³-hybridized carbons (Fsp3) is 0.333. The van der Waals surface area contributed by atoms with Crippen molar-refractivity contribution in [2.45, 2.75) is 11.8 Å². The Kier molecular flexibility index (Phi) is 4.31. The first kappa shape index (κ1) is 11.1. The molecular formula is C9H10FIOS. The molecule has 13 heavy (non-hydrogen) atoms. The number of halogens is 2. The average Bonchev–Trinajstić information content (AvgIpc) is 2.11. The molecule has 1 aromatic carbocycles. The van der Waals surface area contributed by atoms with E-state index in [0.717, 1.165) is 3.57 Å². The Hall–Kier alpha value is 0.0300. The molecule has 72 valence electrons. The van der Waals surface area contributed by atoms with Crippen molar-refractivity contribution in [3.8, 4) is 5.75 Å². The first-order valence-electron chi connectivity index (χ1n) is 3.85. The Morgan fingerprint density at radius 2 is 2.23 bits per heavy atom. The molecular weight excluding hydrogens is 302 g/mol. The van der Waals surface area contributed by atoms with Gasteiger partial charge in [-0.25, -0.2) is 4.39 Å². The predicted molar refractivity (Wildman–Crippen MR) is 62.1 cm³/mol. The summed E-state index contributed by atoms with van der Waals surface area (Å²) in [4.78, 5) is 0.659. The monoisotopic (exact) mass is 312 g/mol. The van der Waals surface area contributed by atoms with Crippen LogP contribution in [0, 0.1) is 9.39 Å². The minimum atomic E-state index is -0.249. The zero-order chi connectivity index (χ0) is 9.84. The van der Waals surface area contributed by atoms with Crippen LogP contribution in [-0.2, 0) is 0 Å². The molecule has 0 radical (unpaired) electrons. The van der Waals surface area contributed by atoms with Gasteiger partial charge in [0.15, 0.2) is 11.6 Å². The lowest BCUT2D eigenvalue weighted by Crippen LogP contribution is -1.96. The summed E-state index contributed by atoms with van der Waals surface area (Å²) < 4.78 is 19.6. The normalized spacial score (nSPS) is 10.2. The van der Waals surface area contributed by atoms with E-state index in [-0.39, 0.29) is 5.82 Å². The topological polar surface area (TPSA) is 9.23 Å². The van der Waals surface area contributed by atoms with E-state index in [1.54, 1.807) is 6.07 Å². The minimum Gasteiger partial charge on any atom is -0.491 e. The summed E-state index contributed by atoms with van der Waals surface area (Å²) in [6.07, 6.45) is 1.86. The van der Waals surface area contributed by atoms with E-state index >= 15 is 0 Å². The van der Waals surface area contributed by atoms with Gasteiger partial charge in [-0.15, -0.1) is 11.8 Å². The molecule has 0 bridgehead atoms. The maximum atomic E-state index is 13.6. The first-order chi connectivity index (χ1) is 6.20. The molecule has 0 aliphatic heterocycles. The van der Waals surface area contributed by atoms with Crippen LogP contribution in [0.25, 0.3) is 0 Å². The van der Waals surface area contributed by atoms with E-state index in [4.69, 9.17) is 4.74 Å². The summed E-state index contributed by atoms with van der Waals surface area (Å²) >= 11 is 3.51. The zero-order valence-electron chi connectivity index (χ0n) is 7.43. The summed E-state index contributed by atoms with van der Waals surface area (Å²) in [5.74, 6) is 0.0912. The Morgan fingerprint density at radius 3 is 2.77 bits per heavy atom. The van der Waals surface area contributed by atoms with Crippen LogP contribution in [0.4, 0.5) is 4.39 Å². The van der Waals surface area contributed by atoms with Crippen LogP contribution in [0.2, 0.25) is 0 Å². The molecule has 0 N–H and O–H groups in total. The number of ether oxygens (including phenoxy) is 1. The SMILES string of the molecule is CCOc1ccc(I)c(SC)c1F. The van der Waals surface area contributed by atoms with Crippen molar-refractivity contribution in [2.75, 3.05) is 12.9 Å². The highest BCUT2D eigenvalue weighted by molar-refractivity contribution is 14.1. The van der Waals surface area contributed by atoms with E-state index in [0.29, 0.717) is 17.3 Å². The van der Waals surface area contributed by atoms with Crippen LogP contribution in [0.1, 0.15) is 6.92 Å². The summed E-state index contributed by atoms with van der Waals surface area (Å²) in [7, 11) is 0. The van der Waals surface area contributed by atoms with Gasteiger partial charge in [0, 0.05) is 3.57 Å². The van der Waals surface area contributed by atoms with Gasteiger partial charge in [-0.1, -0.05) is 0 Å². The van der Waals surface area contributed by atoms with Gasteiger partial charge < -0.3 is 4.74 Å². The molecule has 0 saturated heterocycles. The Bertz CT molecular complexity index is 304. The van der Waals surface area contributed by atoms with Gasteiger partial charge in [0.1, 0.15) is 0 Å². The van der Waals surface area contributed by atoms with Crippen LogP contribution >= 0.6 is 34.4 Å². The van der Waals surface area contributed by atoms with Gasteiger partial charge in [0.2, 0.25) is 0 Å². The predicted octanol–water partition coefficient (Wildman–Crippen LogP) is 3.55. The Labute approximate surface area is 95.2 Å². The van der Waals surface area contributed by atoms with Gasteiger partial charge in [-0.2, -0.15) is 0 Å². The number of thioether (sulfide) groups is 1. The molecule has 4 heteroatoms. The van der Waals surface area contributed by atoms with Crippen molar-refractivity contribution >= 4 is 34.4 Å². The minimum absolute atomic E-state index is 0.249. The van der Waals surface area contributed by atoms with Crippen molar-refractivity contribution in [1.29, 1.82) is 0 Å². The van der Waals surface area contributed by atoms with Crippen molar-refractivity contribution < 1.29 is 9.13 Å². The second kappa shape index (κ2) is 5.05. The van der Waals surface area contributed by atoms with Gasteiger partial charge in [0.25, 0.3) is 0 Å². The van der Waals surface area contributed by atoms with Gasteiger partial charge in [-0.05, 0) is 47.9 Å². The molecule has 0 saturated carbocycles. The van der Waals surface area contributed by atoms with Crippen molar-refractivity contribution in [3.63, 3.8) is 0 Å². The summed E-state index contributed by atoms with van der Waals surface area (Å²) in [5.41, 5.74) is 0. The summed E-state index contributed by atoms with van der Waals surface area (Å²) in [5, 5.41) is 0. The van der Waals surface area contributed by atoms with Crippen LogP contribution in [0.5, 0.6) is 5.75 Å². The van der Waals surface area contributed by atoms with Gasteiger partial charge in [0.05, 0.1) is 11.5 Å². The largest absolute Gasteiger partial charge is 0.491 e. The standard InChI is InChI=1S/C9H10FIOS/c1-3-12-7-5-4-6(11)9(13-2)8(7)10/h4-5H,3H2,1-2H3. The lowest BCUT2D eigenvalue weighted by Gasteiger charge is -2.08. The van der Waals surface area contributed by atoms with E-state index in [9.17, 15) is 4.39 Å². The highest BCUT2D eigenvalue weighted by Gasteiger charge is 2.11. The number of hydrogen-bond acceptors (Lipinski definition) is 2. The second-order valence-electron chi connectivity index (χ2n) is 2.33. The molecule has 0 aromatic heterocycles. The molecule has 0 fully saturated rings. The third kappa shape index (κ3) is 2.49. The van der Waals surface area contributed by atoms with E-state index < -0.39 is 0 Å². The lowest BCUT2D eigenvalue weighted by molar-refractivity contribution is 0.318. The molecule has 0 unspecified atom stereocenters. The molecule has 0 atom stereocenters. The molecule has 0 heterocycles. The Balaban J connectivity index is 3.11. The van der Waals surface area contributed by atoms with E-state index in [1.165, 1.54) is 11.8 Å². The Morgan fingerprint density at radius 1 is 1.54 bits per heavy atom. The van der Waals surface area contributed by atoms with Crippen LogP contribution < -0.4 is 4.74 Å². The van der Waals surface area contributed by atoms with Crippen LogP contribution in [-0.4, -0.2) is 12.9 Å². The molecule has 0 amide bonds. The van der Waals surface area contributed by atoms with Crippen LogP contribution in [0.3, 0.4) is 0 Å². The smallest absolute Gasteiger partial charge is 0.179 e. The lowest BCUT2D eigenvalue weighted by atomic mass is 10.3. The molecule has 0 aliphatic carbocycles. The van der Waals surface area contributed by atoms with Crippen molar-refractivity contribution in [3.05, 3.63) is 21.5 Å². The molecule has 0 aliphatic rings. The molecule has 0 spiro atoms. The summed E-state index contributed by atoms with van der Waals surface area (Å²) in [6, 6.07) is 3.53. The highest BCUT2D eigenvalue weighted by atomic mass is 127. The molecule has 1 nitrogen and oxygen atoms in total. The maximum Gasteiger partial charge on any atom is 0.179 e. The van der Waals surface area contributed by atoms with Gasteiger partial charge >= 0.3 is 0 Å². The van der Waals surface area contributed by atoms with Crippen LogP contribution in [0.15, 0.2) is 17.0 Å². The van der Waals surface area contributed by atoms with Crippen molar-refractivity contribution in [1.82, 2.24) is 0 Å². The third-order valence-corrected chi connectivity index (χ3v) is 3.59.